The Bertz CT molecular complexity index is 1740. The monoisotopic (exact) mass is 593 g/mol. The molecule has 0 atom stereocenters. The van der Waals surface area contributed by atoms with Crippen LogP contribution in [0.25, 0.3) is 10.2 Å². The molecule has 13 heteroatoms. The molecule has 2 aromatic carbocycles. The SMILES string of the molecule is COCCN(Cc1cnc(Cc2cc3nccc(Oc4ccc(NC(=O)c5ccccc5F)cc4F)c3s2)[nH]1)C(=O)O. The van der Waals surface area contributed by atoms with Crippen LogP contribution in [-0.4, -0.2) is 57.2 Å². The van der Waals surface area contributed by atoms with Gasteiger partial charge in [-0.05, 0) is 30.3 Å². The van der Waals surface area contributed by atoms with Crippen molar-refractivity contribution in [3.05, 3.63) is 101 Å². The highest BCUT2D eigenvalue weighted by molar-refractivity contribution is 7.19. The summed E-state index contributed by atoms with van der Waals surface area (Å²) in [6.45, 7) is 0.665. The number of benzene rings is 2. The minimum atomic E-state index is -1.05. The molecule has 216 valence electrons. The van der Waals surface area contributed by atoms with Crippen LogP contribution in [0.2, 0.25) is 0 Å². The Morgan fingerprint density at radius 3 is 2.67 bits per heavy atom. The van der Waals surface area contributed by atoms with E-state index in [0.717, 1.165) is 10.9 Å². The zero-order valence-electron chi connectivity index (χ0n) is 22.3. The van der Waals surface area contributed by atoms with Crippen LogP contribution in [0.15, 0.2) is 67.0 Å². The molecule has 5 aromatic rings. The Morgan fingerprint density at radius 1 is 1.07 bits per heavy atom. The smallest absolute Gasteiger partial charge is 0.407 e. The highest BCUT2D eigenvalue weighted by Gasteiger charge is 2.17. The number of aromatic amines is 1. The molecule has 0 fully saturated rings. The molecule has 3 aromatic heterocycles. The lowest BCUT2D eigenvalue weighted by Crippen LogP contribution is -2.32. The van der Waals surface area contributed by atoms with Gasteiger partial charge < -0.3 is 29.8 Å². The molecule has 2 amide bonds. The number of amides is 2. The molecular formula is C29H25F2N5O5S. The van der Waals surface area contributed by atoms with Gasteiger partial charge in [-0.2, -0.15) is 0 Å². The van der Waals surface area contributed by atoms with E-state index in [1.165, 1.54) is 59.7 Å². The number of imidazole rings is 1. The lowest BCUT2D eigenvalue weighted by molar-refractivity contribution is 0.102. The Labute approximate surface area is 242 Å². The summed E-state index contributed by atoms with van der Waals surface area (Å²) in [7, 11) is 1.51. The maximum absolute atomic E-state index is 14.9. The van der Waals surface area contributed by atoms with Gasteiger partial charge in [-0.1, -0.05) is 12.1 Å². The third-order valence-electron chi connectivity index (χ3n) is 6.17. The largest absolute Gasteiger partial charge is 0.465 e. The van der Waals surface area contributed by atoms with Gasteiger partial charge in [0.1, 0.15) is 17.4 Å². The van der Waals surface area contributed by atoms with E-state index in [0.29, 0.717) is 33.9 Å². The van der Waals surface area contributed by atoms with Crippen molar-refractivity contribution in [1.29, 1.82) is 0 Å². The predicted molar refractivity (Wildman–Crippen MR) is 152 cm³/mol. The minimum Gasteiger partial charge on any atom is -0.465 e. The second-order valence-corrected chi connectivity index (χ2v) is 10.3. The van der Waals surface area contributed by atoms with Crippen molar-refractivity contribution in [2.45, 2.75) is 13.0 Å². The van der Waals surface area contributed by atoms with Gasteiger partial charge in [-0.25, -0.2) is 18.6 Å². The number of thiophene rings is 1. The van der Waals surface area contributed by atoms with Crippen LogP contribution in [0.5, 0.6) is 11.5 Å². The summed E-state index contributed by atoms with van der Waals surface area (Å²) in [5, 5.41) is 11.9. The summed E-state index contributed by atoms with van der Waals surface area (Å²) in [6, 6.07) is 13.0. The number of carboxylic acid groups (broad SMARTS) is 1. The maximum Gasteiger partial charge on any atom is 0.407 e. The molecule has 0 spiro atoms. The average Bonchev–Trinajstić information content (AvgIpc) is 3.59. The fourth-order valence-electron chi connectivity index (χ4n) is 4.15. The summed E-state index contributed by atoms with van der Waals surface area (Å²) >= 11 is 1.41. The number of ether oxygens (including phenoxy) is 2. The zero-order valence-corrected chi connectivity index (χ0v) is 23.1. The van der Waals surface area contributed by atoms with Gasteiger partial charge >= 0.3 is 6.09 Å². The molecule has 3 heterocycles. The second kappa shape index (κ2) is 12.7. The van der Waals surface area contributed by atoms with Crippen molar-refractivity contribution in [3.63, 3.8) is 0 Å². The fourth-order valence-corrected chi connectivity index (χ4v) is 5.21. The Morgan fingerprint density at radius 2 is 1.90 bits per heavy atom. The van der Waals surface area contributed by atoms with Crippen molar-refractivity contribution in [2.24, 2.45) is 0 Å². The molecule has 0 radical (unpaired) electrons. The number of H-pyrrole nitrogens is 1. The number of nitrogens with one attached hydrogen (secondary N) is 2. The Kier molecular flexibility index (Phi) is 8.69. The van der Waals surface area contributed by atoms with Crippen molar-refractivity contribution in [1.82, 2.24) is 19.9 Å². The van der Waals surface area contributed by atoms with Crippen LogP contribution in [0.4, 0.5) is 19.3 Å². The van der Waals surface area contributed by atoms with Crippen LogP contribution < -0.4 is 10.1 Å². The number of aromatic nitrogens is 3. The minimum absolute atomic E-state index is 0.0616. The first kappa shape index (κ1) is 28.6. The van der Waals surface area contributed by atoms with E-state index < -0.39 is 23.6 Å². The van der Waals surface area contributed by atoms with Gasteiger partial charge in [0, 0.05) is 49.0 Å². The van der Waals surface area contributed by atoms with Gasteiger partial charge in [0.15, 0.2) is 11.6 Å². The van der Waals surface area contributed by atoms with Gasteiger partial charge in [0.25, 0.3) is 5.91 Å². The highest BCUT2D eigenvalue weighted by Crippen LogP contribution is 2.36. The van der Waals surface area contributed by atoms with Crippen LogP contribution >= 0.6 is 11.3 Å². The van der Waals surface area contributed by atoms with Gasteiger partial charge in [0.05, 0.1) is 40.8 Å². The number of nitrogens with zero attached hydrogens (tertiary/aromatic N) is 3. The third kappa shape index (κ3) is 6.70. The standard InChI is InChI=1S/C29H25F2N5O5S/c1-40-11-10-36(29(38)39)16-18-15-33-26(34-18)14-19-13-23-27(42-19)25(8-9-32-23)41-24-7-6-17(12-22(24)31)35-28(37)20-4-2-3-5-21(20)30/h2-9,12-13,15H,10-11,14,16H2,1H3,(H,33,34)(H,35,37)(H,38,39). The van der Waals surface area contributed by atoms with Gasteiger partial charge in [-0.3, -0.25) is 9.78 Å². The normalized spacial score (nSPS) is 11.0. The van der Waals surface area contributed by atoms with Gasteiger partial charge in [-0.15, -0.1) is 11.3 Å². The summed E-state index contributed by atoms with van der Waals surface area (Å²) in [6.07, 6.45) is 2.55. The predicted octanol–water partition coefficient (Wildman–Crippen LogP) is 6.06. The van der Waals surface area contributed by atoms with Crippen molar-refractivity contribution in [2.75, 3.05) is 25.6 Å². The molecule has 0 aliphatic heterocycles. The number of anilines is 1. The van der Waals surface area contributed by atoms with E-state index in [1.54, 1.807) is 18.5 Å². The number of hydrogen-bond donors (Lipinski definition) is 3. The number of carbonyl (C=O) groups excluding carboxylic acids is 1. The number of halogens is 2. The lowest BCUT2D eigenvalue weighted by Gasteiger charge is -2.17. The van der Waals surface area contributed by atoms with E-state index in [4.69, 9.17) is 9.47 Å². The number of hydrogen-bond acceptors (Lipinski definition) is 7. The summed E-state index contributed by atoms with van der Waals surface area (Å²) in [4.78, 5) is 37.9. The molecule has 0 bridgehead atoms. The first-order valence-corrected chi connectivity index (χ1v) is 13.5. The molecule has 0 aliphatic carbocycles. The number of pyridine rings is 1. The van der Waals surface area contributed by atoms with E-state index in [9.17, 15) is 23.5 Å². The Hall–Kier alpha value is -4.88. The maximum atomic E-state index is 14.9. The van der Waals surface area contributed by atoms with E-state index >= 15 is 0 Å². The molecular weight excluding hydrogens is 568 g/mol. The van der Waals surface area contributed by atoms with E-state index in [2.05, 4.69) is 20.3 Å². The lowest BCUT2D eigenvalue weighted by atomic mass is 10.2. The molecule has 0 unspecified atom stereocenters. The molecule has 0 aliphatic rings. The first-order chi connectivity index (χ1) is 20.3. The molecule has 42 heavy (non-hydrogen) atoms. The van der Waals surface area contributed by atoms with Crippen LogP contribution in [0.1, 0.15) is 26.8 Å². The topological polar surface area (TPSA) is 130 Å². The third-order valence-corrected chi connectivity index (χ3v) is 7.31. The summed E-state index contributed by atoms with van der Waals surface area (Å²) < 4.78 is 40.4. The van der Waals surface area contributed by atoms with Crippen molar-refractivity contribution >= 4 is 39.2 Å². The number of carbonyl (C=O) groups is 2. The van der Waals surface area contributed by atoms with Crippen LogP contribution in [0.3, 0.4) is 0 Å². The average molecular weight is 594 g/mol. The summed E-state index contributed by atoms with van der Waals surface area (Å²) in [5.74, 6) is -1.11. The zero-order chi connectivity index (χ0) is 29.6. The van der Waals surface area contributed by atoms with Gasteiger partial charge in [0.2, 0.25) is 0 Å². The molecule has 10 nitrogen and oxygen atoms in total. The molecule has 3 N–H and O–H groups in total. The molecule has 5 rings (SSSR count). The van der Waals surface area contributed by atoms with E-state index in [-0.39, 0.29) is 36.7 Å². The quantitative estimate of drug-likeness (QED) is 0.170. The first-order valence-electron chi connectivity index (χ1n) is 12.7. The van der Waals surface area contributed by atoms with Crippen LogP contribution in [-0.2, 0) is 17.7 Å². The molecule has 0 saturated carbocycles. The number of fused-ring (bicyclic) bond motifs is 1. The van der Waals surface area contributed by atoms with E-state index in [1.807, 2.05) is 6.07 Å². The Balaban J connectivity index is 1.27. The van der Waals surface area contributed by atoms with Crippen molar-refractivity contribution in [3.8, 4) is 11.5 Å². The highest BCUT2D eigenvalue weighted by atomic mass is 32.1. The van der Waals surface area contributed by atoms with Crippen LogP contribution in [0, 0.1) is 11.6 Å². The van der Waals surface area contributed by atoms with Crippen molar-refractivity contribution < 1.29 is 33.0 Å². The fraction of sp³-hybridized carbons (Fsp3) is 0.172. The second-order valence-electron chi connectivity index (χ2n) is 9.15. The molecule has 0 saturated heterocycles. The number of rotatable bonds is 11. The number of methoxy groups -OCH3 is 1. The summed E-state index contributed by atoms with van der Waals surface area (Å²) in [5.41, 5.74) is 1.30.